The summed E-state index contributed by atoms with van der Waals surface area (Å²) in [7, 11) is 0. The summed E-state index contributed by atoms with van der Waals surface area (Å²) in [6, 6.07) is 17.9. The molecule has 0 aliphatic carbocycles. The summed E-state index contributed by atoms with van der Waals surface area (Å²) in [5, 5.41) is 12.5. The zero-order valence-corrected chi connectivity index (χ0v) is 16.3. The third-order valence-corrected chi connectivity index (χ3v) is 4.33. The maximum atomic E-state index is 13.0. The lowest BCUT2D eigenvalue weighted by Gasteiger charge is -2.35. The van der Waals surface area contributed by atoms with E-state index in [4.69, 9.17) is 0 Å². The van der Waals surface area contributed by atoms with Gasteiger partial charge in [0.25, 0.3) is 0 Å². The van der Waals surface area contributed by atoms with Gasteiger partial charge in [0.15, 0.2) is 0 Å². The molecule has 3 rings (SSSR count). The van der Waals surface area contributed by atoms with E-state index in [1.807, 2.05) is 87.2 Å². The number of benzene rings is 2. The molecule has 0 atom stereocenters. The SMILES string of the molecule is Cc1ccc(-c2nnn(CC(=O)N(Cc3ccccc3)C(C)(C)C)n2)cc1. The smallest absolute Gasteiger partial charge is 0.246 e. The normalized spacial score (nSPS) is 11.4. The van der Waals surface area contributed by atoms with Crippen molar-refractivity contribution in [2.24, 2.45) is 0 Å². The largest absolute Gasteiger partial charge is 0.332 e. The molecule has 1 aromatic heterocycles. The minimum Gasteiger partial charge on any atom is -0.332 e. The van der Waals surface area contributed by atoms with Gasteiger partial charge in [-0.15, -0.1) is 10.2 Å². The van der Waals surface area contributed by atoms with Crippen molar-refractivity contribution in [3.05, 3.63) is 65.7 Å². The van der Waals surface area contributed by atoms with Crippen LogP contribution in [0, 0.1) is 6.92 Å². The van der Waals surface area contributed by atoms with E-state index in [2.05, 4.69) is 15.4 Å². The van der Waals surface area contributed by atoms with E-state index in [1.54, 1.807) is 0 Å². The Bertz CT molecular complexity index is 894. The molecule has 27 heavy (non-hydrogen) atoms. The first kappa shape index (κ1) is 18.8. The lowest BCUT2D eigenvalue weighted by atomic mass is 10.0. The van der Waals surface area contributed by atoms with Gasteiger partial charge in [-0.1, -0.05) is 60.2 Å². The molecular formula is C21H25N5O. The van der Waals surface area contributed by atoms with E-state index < -0.39 is 0 Å². The zero-order valence-electron chi connectivity index (χ0n) is 16.3. The molecule has 0 aliphatic rings. The van der Waals surface area contributed by atoms with Crippen LogP contribution in [0.5, 0.6) is 0 Å². The molecule has 0 radical (unpaired) electrons. The average molecular weight is 363 g/mol. The van der Waals surface area contributed by atoms with Gasteiger partial charge in [0.05, 0.1) is 0 Å². The molecule has 1 heterocycles. The van der Waals surface area contributed by atoms with Crippen LogP contribution in [0.25, 0.3) is 11.4 Å². The number of hydrogen-bond acceptors (Lipinski definition) is 4. The molecule has 3 aromatic rings. The topological polar surface area (TPSA) is 63.9 Å². The highest BCUT2D eigenvalue weighted by Crippen LogP contribution is 2.19. The molecule has 0 spiro atoms. The molecule has 0 unspecified atom stereocenters. The van der Waals surface area contributed by atoms with Gasteiger partial charge in [0.1, 0.15) is 6.54 Å². The Morgan fingerprint density at radius 3 is 2.33 bits per heavy atom. The number of rotatable bonds is 5. The van der Waals surface area contributed by atoms with Crippen LogP contribution in [-0.4, -0.2) is 36.6 Å². The Morgan fingerprint density at radius 2 is 1.70 bits per heavy atom. The van der Waals surface area contributed by atoms with Gasteiger partial charge in [-0.2, -0.15) is 4.80 Å². The van der Waals surface area contributed by atoms with E-state index in [0.717, 1.165) is 11.1 Å². The molecule has 6 heteroatoms. The molecule has 0 aliphatic heterocycles. The summed E-state index contributed by atoms with van der Waals surface area (Å²) >= 11 is 0. The molecule has 0 bridgehead atoms. The Morgan fingerprint density at radius 1 is 1.04 bits per heavy atom. The third kappa shape index (κ3) is 4.78. The molecular weight excluding hydrogens is 338 g/mol. The first-order valence-electron chi connectivity index (χ1n) is 9.02. The zero-order chi connectivity index (χ0) is 19.4. The quantitative estimate of drug-likeness (QED) is 0.696. The summed E-state index contributed by atoms with van der Waals surface area (Å²) in [6.07, 6.45) is 0. The van der Waals surface area contributed by atoms with E-state index in [0.29, 0.717) is 12.4 Å². The molecule has 2 aromatic carbocycles. The van der Waals surface area contributed by atoms with Gasteiger partial charge in [0, 0.05) is 17.6 Å². The summed E-state index contributed by atoms with van der Waals surface area (Å²) in [4.78, 5) is 16.2. The van der Waals surface area contributed by atoms with Crippen LogP contribution in [0.15, 0.2) is 54.6 Å². The van der Waals surface area contributed by atoms with Crippen molar-refractivity contribution in [2.75, 3.05) is 0 Å². The van der Waals surface area contributed by atoms with Crippen molar-refractivity contribution in [2.45, 2.75) is 46.3 Å². The van der Waals surface area contributed by atoms with E-state index >= 15 is 0 Å². The van der Waals surface area contributed by atoms with Crippen molar-refractivity contribution in [1.29, 1.82) is 0 Å². The van der Waals surface area contributed by atoms with Crippen molar-refractivity contribution in [3.8, 4) is 11.4 Å². The average Bonchev–Trinajstić information content (AvgIpc) is 3.08. The number of hydrogen-bond donors (Lipinski definition) is 0. The monoisotopic (exact) mass is 363 g/mol. The third-order valence-electron chi connectivity index (χ3n) is 4.33. The minimum atomic E-state index is -0.312. The van der Waals surface area contributed by atoms with Crippen LogP contribution in [0.3, 0.4) is 0 Å². The second-order valence-corrected chi connectivity index (χ2v) is 7.65. The Kier molecular flexibility index (Phi) is 5.35. The highest BCUT2D eigenvalue weighted by Gasteiger charge is 2.27. The number of aryl methyl sites for hydroxylation is 1. The maximum absolute atomic E-state index is 13.0. The number of carbonyl (C=O) groups excluding carboxylic acids is 1. The van der Waals surface area contributed by atoms with Gasteiger partial charge in [-0.3, -0.25) is 4.79 Å². The predicted octanol–water partition coefficient (Wildman–Crippen LogP) is 3.48. The summed E-state index contributed by atoms with van der Waals surface area (Å²) < 4.78 is 0. The van der Waals surface area contributed by atoms with E-state index in [1.165, 1.54) is 10.4 Å². The predicted molar refractivity (Wildman–Crippen MR) is 105 cm³/mol. The lowest BCUT2D eigenvalue weighted by molar-refractivity contribution is -0.137. The van der Waals surface area contributed by atoms with Gasteiger partial charge in [-0.05, 0) is 38.5 Å². The number of aromatic nitrogens is 4. The highest BCUT2D eigenvalue weighted by atomic mass is 16.2. The van der Waals surface area contributed by atoms with E-state index in [9.17, 15) is 4.79 Å². The lowest BCUT2D eigenvalue weighted by Crippen LogP contribution is -2.46. The first-order valence-corrected chi connectivity index (χ1v) is 9.02. The fourth-order valence-electron chi connectivity index (χ4n) is 2.80. The Balaban J connectivity index is 1.75. The van der Waals surface area contributed by atoms with Crippen LogP contribution >= 0.6 is 0 Å². The second-order valence-electron chi connectivity index (χ2n) is 7.65. The fourth-order valence-corrected chi connectivity index (χ4v) is 2.80. The van der Waals surface area contributed by atoms with Gasteiger partial charge in [0.2, 0.25) is 11.7 Å². The van der Waals surface area contributed by atoms with Crippen LogP contribution < -0.4 is 0 Å². The number of tetrazole rings is 1. The number of carbonyl (C=O) groups is 1. The molecule has 6 nitrogen and oxygen atoms in total. The minimum absolute atomic E-state index is 0.0424. The Hall–Kier alpha value is -3.02. The van der Waals surface area contributed by atoms with Crippen LogP contribution in [-0.2, 0) is 17.9 Å². The van der Waals surface area contributed by atoms with Crippen molar-refractivity contribution >= 4 is 5.91 Å². The standard InChI is InChI=1S/C21H25N5O/c1-16-10-12-18(13-11-16)20-22-24-26(23-20)15-19(27)25(21(2,3)4)14-17-8-6-5-7-9-17/h5-13H,14-15H2,1-4H3. The molecule has 0 saturated heterocycles. The van der Waals surface area contributed by atoms with Gasteiger partial charge >= 0.3 is 0 Å². The van der Waals surface area contributed by atoms with Crippen LogP contribution in [0.1, 0.15) is 31.9 Å². The first-order chi connectivity index (χ1) is 12.8. The molecule has 0 N–H and O–H groups in total. The summed E-state index contributed by atoms with van der Waals surface area (Å²) in [6.45, 7) is 8.72. The summed E-state index contributed by atoms with van der Waals surface area (Å²) in [5.41, 5.74) is 2.83. The second kappa shape index (κ2) is 7.70. The fraction of sp³-hybridized carbons (Fsp3) is 0.333. The van der Waals surface area contributed by atoms with Gasteiger partial charge < -0.3 is 4.90 Å². The maximum Gasteiger partial charge on any atom is 0.246 e. The van der Waals surface area contributed by atoms with Crippen molar-refractivity contribution in [1.82, 2.24) is 25.1 Å². The highest BCUT2D eigenvalue weighted by molar-refractivity contribution is 5.76. The van der Waals surface area contributed by atoms with Crippen LogP contribution in [0.4, 0.5) is 0 Å². The number of amides is 1. The molecule has 0 fully saturated rings. The molecule has 0 saturated carbocycles. The van der Waals surface area contributed by atoms with E-state index in [-0.39, 0.29) is 18.0 Å². The van der Waals surface area contributed by atoms with Crippen molar-refractivity contribution < 1.29 is 4.79 Å². The molecule has 140 valence electrons. The summed E-state index contributed by atoms with van der Waals surface area (Å²) in [5.74, 6) is 0.479. The van der Waals surface area contributed by atoms with Gasteiger partial charge in [-0.25, -0.2) is 0 Å². The van der Waals surface area contributed by atoms with Crippen LogP contribution in [0.2, 0.25) is 0 Å². The molecule has 1 amide bonds. The van der Waals surface area contributed by atoms with Crippen molar-refractivity contribution in [3.63, 3.8) is 0 Å². The number of nitrogens with zero attached hydrogens (tertiary/aromatic N) is 5. The Labute approximate surface area is 159 Å².